The predicted molar refractivity (Wildman–Crippen MR) is 73.0 cm³/mol. The van der Waals surface area contributed by atoms with Crippen molar-refractivity contribution < 1.29 is 9.32 Å². The summed E-state index contributed by atoms with van der Waals surface area (Å²) in [6.45, 7) is 6.41. The molecule has 1 aliphatic rings. The van der Waals surface area contributed by atoms with Gasteiger partial charge in [-0.25, -0.2) is 0 Å². The third kappa shape index (κ3) is 2.07. The molecule has 0 spiro atoms. The molecule has 1 amide bonds. The molecule has 0 bridgehead atoms. The van der Waals surface area contributed by atoms with E-state index in [-0.39, 0.29) is 5.91 Å². The number of hydrogen-bond donors (Lipinski definition) is 0. The highest BCUT2D eigenvalue weighted by atomic mass is 16.5. The Morgan fingerprint density at radius 1 is 1.26 bits per heavy atom. The summed E-state index contributed by atoms with van der Waals surface area (Å²) in [4.78, 5) is 15.5. The van der Waals surface area contributed by atoms with Gasteiger partial charge in [0.25, 0.3) is 0 Å². The quantitative estimate of drug-likeness (QED) is 0.768. The first-order valence-corrected chi connectivity index (χ1v) is 6.30. The fourth-order valence-corrected chi connectivity index (χ4v) is 2.37. The fourth-order valence-electron chi connectivity index (χ4n) is 2.37. The second kappa shape index (κ2) is 4.76. The van der Waals surface area contributed by atoms with E-state index in [4.69, 9.17) is 4.52 Å². The van der Waals surface area contributed by atoms with Crippen molar-refractivity contribution in [1.82, 2.24) is 10.1 Å². The molecule has 0 aliphatic carbocycles. The van der Waals surface area contributed by atoms with Gasteiger partial charge in [-0.3, -0.25) is 4.79 Å². The Balaban J connectivity index is 1.78. The van der Waals surface area contributed by atoms with E-state index in [1.807, 2.05) is 24.3 Å². The average Bonchev–Trinajstić information content (AvgIpc) is 2.90. The molecule has 0 saturated carbocycles. The van der Waals surface area contributed by atoms with Crippen LogP contribution >= 0.6 is 0 Å². The summed E-state index contributed by atoms with van der Waals surface area (Å²) in [5.74, 6) is 0.853. The fraction of sp³-hybridized carbons (Fsp3) is 0.286. The van der Waals surface area contributed by atoms with Crippen LogP contribution in [-0.2, 0) is 4.79 Å². The lowest BCUT2D eigenvalue weighted by Gasteiger charge is -2.34. The van der Waals surface area contributed by atoms with Crippen molar-refractivity contribution in [3.63, 3.8) is 0 Å². The van der Waals surface area contributed by atoms with Crippen molar-refractivity contribution in [1.29, 1.82) is 0 Å². The average molecular weight is 257 g/mol. The Bertz CT molecular complexity index is 612. The van der Waals surface area contributed by atoms with Crippen molar-refractivity contribution in [3.8, 4) is 0 Å². The molecule has 98 valence electrons. The van der Waals surface area contributed by atoms with Crippen molar-refractivity contribution in [2.45, 2.75) is 0 Å². The van der Waals surface area contributed by atoms with E-state index in [0.29, 0.717) is 13.1 Å². The third-order valence-electron chi connectivity index (χ3n) is 3.42. The number of hydrogen-bond acceptors (Lipinski definition) is 4. The molecule has 0 unspecified atom stereocenters. The van der Waals surface area contributed by atoms with Crippen molar-refractivity contribution in [2.24, 2.45) is 0 Å². The van der Waals surface area contributed by atoms with Crippen LogP contribution < -0.4 is 4.90 Å². The van der Waals surface area contributed by atoms with Crippen LogP contribution in [0.25, 0.3) is 11.0 Å². The highest BCUT2D eigenvalue weighted by Crippen LogP contribution is 2.26. The minimum absolute atomic E-state index is 0.00957. The molecule has 2 heterocycles. The molecule has 1 saturated heterocycles. The first-order chi connectivity index (χ1) is 9.29. The number of piperazine rings is 1. The van der Waals surface area contributed by atoms with Crippen LogP contribution in [0.15, 0.2) is 41.4 Å². The van der Waals surface area contributed by atoms with Crippen LogP contribution in [0.5, 0.6) is 0 Å². The predicted octanol–water partition coefficient (Wildman–Crippen LogP) is 1.66. The summed E-state index contributed by atoms with van der Waals surface area (Å²) in [6, 6.07) is 7.81. The molecule has 0 atom stereocenters. The summed E-state index contributed by atoms with van der Waals surface area (Å²) in [6.07, 6.45) is 1.36. The first kappa shape index (κ1) is 11.8. The van der Waals surface area contributed by atoms with E-state index < -0.39 is 0 Å². The number of anilines is 1. The number of rotatable bonds is 2. The topological polar surface area (TPSA) is 49.6 Å². The standard InChI is InChI=1S/C14H15N3O2/c1-2-13(18)16-7-9-17(10-8-16)14-11-5-3-4-6-12(11)19-15-14/h2-6H,1,7-10H2. The second-order valence-electron chi connectivity index (χ2n) is 4.52. The summed E-state index contributed by atoms with van der Waals surface area (Å²) in [5.41, 5.74) is 0.794. The van der Waals surface area contributed by atoms with Crippen LogP contribution in [0.2, 0.25) is 0 Å². The van der Waals surface area contributed by atoms with Gasteiger partial charge in [-0.05, 0) is 18.2 Å². The van der Waals surface area contributed by atoms with Gasteiger partial charge in [0.05, 0.1) is 5.39 Å². The number of amides is 1. The third-order valence-corrected chi connectivity index (χ3v) is 3.42. The number of carbonyl (C=O) groups excluding carboxylic acids is 1. The van der Waals surface area contributed by atoms with E-state index in [1.54, 1.807) is 4.90 Å². The van der Waals surface area contributed by atoms with Gasteiger partial charge in [-0.2, -0.15) is 0 Å². The van der Waals surface area contributed by atoms with Crippen molar-refractivity contribution in [2.75, 3.05) is 31.1 Å². The maximum absolute atomic E-state index is 11.5. The van der Waals surface area contributed by atoms with Gasteiger partial charge in [0.15, 0.2) is 11.4 Å². The van der Waals surface area contributed by atoms with Gasteiger partial charge in [-0.1, -0.05) is 23.9 Å². The van der Waals surface area contributed by atoms with Crippen LogP contribution in [0.4, 0.5) is 5.82 Å². The molecule has 2 aromatic rings. The molecule has 1 aliphatic heterocycles. The summed E-state index contributed by atoms with van der Waals surface area (Å²) in [7, 11) is 0. The molecular weight excluding hydrogens is 242 g/mol. The van der Waals surface area contributed by atoms with Gasteiger partial charge >= 0.3 is 0 Å². The molecule has 5 nitrogen and oxygen atoms in total. The van der Waals surface area contributed by atoms with Crippen LogP contribution in [-0.4, -0.2) is 42.1 Å². The highest BCUT2D eigenvalue weighted by Gasteiger charge is 2.22. The Morgan fingerprint density at radius 3 is 2.74 bits per heavy atom. The maximum Gasteiger partial charge on any atom is 0.246 e. The van der Waals surface area contributed by atoms with Gasteiger partial charge in [0.2, 0.25) is 5.91 Å². The van der Waals surface area contributed by atoms with E-state index >= 15 is 0 Å². The van der Waals surface area contributed by atoms with E-state index in [0.717, 1.165) is 29.9 Å². The number of para-hydroxylation sites is 1. The lowest BCUT2D eigenvalue weighted by molar-refractivity contribution is -0.126. The van der Waals surface area contributed by atoms with Crippen LogP contribution in [0, 0.1) is 0 Å². The monoisotopic (exact) mass is 257 g/mol. The largest absolute Gasteiger partial charge is 0.354 e. The molecule has 19 heavy (non-hydrogen) atoms. The Hall–Kier alpha value is -2.30. The second-order valence-corrected chi connectivity index (χ2v) is 4.52. The Morgan fingerprint density at radius 2 is 2.00 bits per heavy atom. The highest BCUT2D eigenvalue weighted by molar-refractivity contribution is 5.89. The molecular formula is C14H15N3O2. The molecule has 1 aromatic heterocycles. The SMILES string of the molecule is C=CC(=O)N1CCN(c2noc3ccccc23)CC1. The van der Waals surface area contributed by atoms with E-state index in [1.165, 1.54) is 6.08 Å². The van der Waals surface area contributed by atoms with E-state index in [9.17, 15) is 4.79 Å². The zero-order chi connectivity index (χ0) is 13.2. The minimum atomic E-state index is -0.00957. The lowest BCUT2D eigenvalue weighted by atomic mass is 10.2. The van der Waals surface area contributed by atoms with Crippen LogP contribution in [0.3, 0.4) is 0 Å². The van der Waals surface area contributed by atoms with Crippen LogP contribution in [0.1, 0.15) is 0 Å². The Kier molecular flexibility index (Phi) is 2.95. The molecule has 1 aromatic carbocycles. The number of aromatic nitrogens is 1. The molecule has 5 heteroatoms. The van der Waals surface area contributed by atoms with Crippen molar-refractivity contribution in [3.05, 3.63) is 36.9 Å². The van der Waals surface area contributed by atoms with Gasteiger partial charge in [0.1, 0.15) is 0 Å². The zero-order valence-corrected chi connectivity index (χ0v) is 10.6. The van der Waals surface area contributed by atoms with Gasteiger partial charge in [0, 0.05) is 26.2 Å². The number of benzene rings is 1. The summed E-state index contributed by atoms with van der Waals surface area (Å²) in [5, 5.41) is 5.16. The maximum atomic E-state index is 11.5. The number of fused-ring (bicyclic) bond motifs is 1. The first-order valence-electron chi connectivity index (χ1n) is 6.30. The minimum Gasteiger partial charge on any atom is -0.354 e. The molecule has 0 radical (unpaired) electrons. The van der Waals surface area contributed by atoms with Gasteiger partial charge in [-0.15, -0.1) is 0 Å². The molecule has 3 rings (SSSR count). The molecule has 1 fully saturated rings. The zero-order valence-electron chi connectivity index (χ0n) is 10.6. The lowest BCUT2D eigenvalue weighted by Crippen LogP contribution is -2.48. The van der Waals surface area contributed by atoms with Crippen molar-refractivity contribution >= 4 is 22.7 Å². The van der Waals surface area contributed by atoms with E-state index in [2.05, 4.69) is 16.6 Å². The number of carbonyl (C=O) groups is 1. The normalized spacial score (nSPS) is 15.8. The Labute approximate surface area is 111 Å². The van der Waals surface area contributed by atoms with Gasteiger partial charge < -0.3 is 14.3 Å². The summed E-state index contributed by atoms with van der Waals surface area (Å²) >= 11 is 0. The smallest absolute Gasteiger partial charge is 0.246 e. The molecule has 0 N–H and O–H groups in total. The summed E-state index contributed by atoms with van der Waals surface area (Å²) < 4.78 is 5.31. The number of nitrogens with zero attached hydrogens (tertiary/aromatic N) is 3.